The molecule has 3 heteroatoms. The van der Waals surface area contributed by atoms with Gasteiger partial charge in [0.25, 0.3) is 0 Å². The third-order valence-electron chi connectivity index (χ3n) is 7.56. The smallest absolute Gasteiger partial charge is 0.122 e. The van der Waals surface area contributed by atoms with Crippen LogP contribution in [0.5, 0.6) is 0 Å². The van der Waals surface area contributed by atoms with Gasteiger partial charge in [-0.3, -0.25) is 9.88 Å². The Kier molecular flexibility index (Phi) is 13.2. The van der Waals surface area contributed by atoms with E-state index in [9.17, 15) is 5.11 Å². The van der Waals surface area contributed by atoms with Gasteiger partial charge in [0, 0.05) is 18.4 Å². The predicted molar refractivity (Wildman–Crippen MR) is 146 cm³/mol. The summed E-state index contributed by atoms with van der Waals surface area (Å²) in [6.07, 6.45) is 18.6. The van der Waals surface area contributed by atoms with Gasteiger partial charge in [-0.05, 0) is 68.5 Å². The molecule has 0 saturated carbocycles. The molecule has 0 aromatic carbocycles. The normalized spacial score (nSPS) is 20.4. The van der Waals surface area contributed by atoms with E-state index in [0.29, 0.717) is 6.04 Å². The van der Waals surface area contributed by atoms with Crippen LogP contribution < -0.4 is 0 Å². The third kappa shape index (κ3) is 11.9. The fraction of sp³-hybridized carbons (Fsp3) is 0.774. The number of piperidine rings is 1. The van der Waals surface area contributed by atoms with Gasteiger partial charge in [-0.25, -0.2) is 0 Å². The van der Waals surface area contributed by atoms with Crippen molar-refractivity contribution in [3.8, 4) is 11.8 Å². The number of hydrogen-bond donors (Lipinski definition) is 1. The first-order valence-corrected chi connectivity index (χ1v) is 14.1. The maximum atomic E-state index is 10.8. The van der Waals surface area contributed by atoms with Crippen LogP contribution in [-0.4, -0.2) is 33.7 Å². The summed E-state index contributed by atoms with van der Waals surface area (Å²) in [5.74, 6) is 8.93. The lowest BCUT2D eigenvalue weighted by Crippen LogP contribution is -2.34. The highest BCUT2D eigenvalue weighted by Crippen LogP contribution is 2.30. The molecule has 0 spiro atoms. The fourth-order valence-corrected chi connectivity index (χ4v) is 5.30. The minimum absolute atomic E-state index is 0.403. The molecule has 3 nitrogen and oxygen atoms in total. The zero-order valence-corrected chi connectivity index (χ0v) is 22.9. The Morgan fingerprint density at radius 3 is 2.35 bits per heavy atom. The largest absolute Gasteiger partial charge is 0.378 e. The summed E-state index contributed by atoms with van der Waals surface area (Å²) in [5.41, 5.74) is 0.402. The van der Waals surface area contributed by atoms with Crippen molar-refractivity contribution >= 4 is 0 Å². The molecule has 1 aromatic heterocycles. The van der Waals surface area contributed by atoms with Crippen LogP contribution >= 0.6 is 0 Å². The molecular formula is C31H52N2O. The summed E-state index contributed by atoms with van der Waals surface area (Å²) in [5, 5.41) is 10.8. The van der Waals surface area contributed by atoms with E-state index in [2.05, 4.69) is 55.5 Å². The van der Waals surface area contributed by atoms with Crippen molar-refractivity contribution in [1.82, 2.24) is 9.88 Å². The number of rotatable bonds is 14. The van der Waals surface area contributed by atoms with Gasteiger partial charge in [0.05, 0.1) is 6.54 Å². The van der Waals surface area contributed by atoms with Crippen LogP contribution in [0.2, 0.25) is 0 Å². The van der Waals surface area contributed by atoms with E-state index < -0.39 is 5.60 Å². The summed E-state index contributed by atoms with van der Waals surface area (Å²) in [6.45, 7) is 13.1. The SMILES string of the molecule is CC(C)CCC[C@@H](C)CCC[C@@H](C)CCC[C@](C)(O)C#CCN1CCCC[C@@H]1c1cccnc1. The minimum Gasteiger partial charge on any atom is -0.378 e. The van der Waals surface area contributed by atoms with Crippen LogP contribution in [0.3, 0.4) is 0 Å². The van der Waals surface area contributed by atoms with Crippen molar-refractivity contribution in [1.29, 1.82) is 0 Å². The average molecular weight is 469 g/mol. The van der Waals surface area contributed by atoms with Crippen molar-refractivity contribution in [2.24, 2.45) is 17.8 Å². The number of likely N-dealkylation sites (tertiary alicyclic amines) is 1. The van der Waals surface area contributed by atoms with Gasteiger partial charge in [-0.2, -0.15) is 0 Å². The standard InChI is InChI=1S/C31H52N2O/c1-26(2)13-8-14-27(3)15-9-16-28(4)17-10-20-31(5,34)21-12-24-33-23-7-6-19-30(33)29-18-11-22-32-25-29/h11,18,22,25-28,30,34H,6-10,13-17,19-20,23-24H2,1-5H3/t27-,28-,30-,31+/m1/s1. The third-order valence-corrected chi connectivity index (χ3v) is 7.56. The Morgan fingerprint density at radius 2 is 1.71 bits per heavy atom. The average Bonchev–Trinajstić information content (AvgIpc) is 2.79. The van der Waals surface area contributed by atoms with Gasteiger partial charge < -0.3 is 5.11 Å². The van der Waals surface area contributed by atoms with Crippen molar-refractivity contribution < 1.29 is 5.11 Å². The highest BCUT2D eigenvalue weighted by atomic mass is 16.3. The highest BCUT2D eigenvalue weighted by molar-refractivity contribution is 5.17. The zero-order chi connectivity index (χ0) is 24.8. The summed E-state index contributed by atoms with van der Waals surface area (Å²) in [7, 11) is 0. The second-order valence-electron chi connectivity index (χ2n) is 11.7. The van der Waals surface area contributed by atoms with Crippen LogP contribution in [0.25, 0.3) is 0 Å². The molecule has 1 saturated heterocycles. The summed E-state index contributed by atoms with van der Waals surface area (Å²) in [4.78, 5) is 6.76. The molecule has 0 aliphatic carbocycles. The molecule has 0 amide bonds. The van der Waals surface area contributed by atoms with Crippen molar-refractivity contribution in [2.75, 3.05) is 13.1 Å². The van der Waals surface area contributed by atoms with E-state index in [1.165, 1.54) is 69.8 Å². The van der Waals surface area contributed by atoms with E-state index >= 15 is 0 Å². The number of nitrogens with zero attached hydrogens (tertiary/aromatic N) is 2. The molecule has 192 valence electrons. The molecule has 1 N–H and O–H groups in total. The van der Waals surface area contributed by atoms with Crippen molar-refractivity contribution in [2.45, 2.75) is 123 Å². The van der Waals surface area contributed by atoms with Crippen molar-refractivity contribution in [3.05, 3.63) is 30.1 Å². The molecular weight excluding hydrogens is 416 g/mol. The Labute approximate surface area is 211 Å². The Bertz CT molecular complexity index is 718. The maximum absolute atomic E-state index is 10.8. The van der Waals surface area contributed by atoms with Crippen LogP contribution in [-0.2, 0) is 0 Å². The molecule has 34 heavy (non-hydrogen) atoms. The number of pyridine rings is 1. The molecule has 0 unspecified atom stereocenters. The van der Waals surface area contributed by atoms with Gasteiger partial charge in [0.2, 0.25) is 0 Å². The molecule has 1 aromatic rings. The van der Waals surface area contributed by atoms with E-state index in [1.807, 2.05) is 25.4 Å². The maximum Gasteiger partial charge on any atom is 0.122 e. The molecule has 2 rings (SSSR count). The Morgan fingerprint density at radius 1 is 1.03 bits per heavy atom. The van der Waals surface area contributed by atoms with E-state index in [0.717, 1.165) is 43.7 Å². The molecule has 0 bridgehead atoms. The van der Waals surface area contributed by atoms with Crippen molar-refractivity contribution in [3.63, 3.8) is 0 Å². The molecule has 1 aliphatic rings. The van der Waals surface area contributed by atoms with Gasteiger partial charge in [0.1, 0.15) is 5.60 Å². The molecule has 2 heterocycles. The van der Waals surface area contributed by atoms with Gasteiger partial charge >= 0.3 is 0 Å². The number of aliphatic hydroxyl groups is 1. The first kappa shape index (κ1) is 28.9. The first-order valence-electron chi connectivity index (χ1n) is 14.1. The van der Waals surface area contributed by atoms with Gasteiger partial charge in [-0.15, -0.1) is 0 Å². The highest BCUT2D eigenvalue weighted by Gasteiger charge is 2.23. The summed E-state index contributed by atoms with van der Waals surface area (Å²) < 4.78 is 0. The minimum atomic E-state index is -0.885. The Hall–Kier alpha value is -1.37. The van der Waals surface area contributed by atoms with Crippen LogP contribution in [0.4, 0.5) is 0 Å². The lowest BCUT2D eigenvalue weighted by molar-refractivity contribution is 0.107. The predicted octanol–water partition coefficient (Wildman–Crippen LogP) is 7.80. The lowest BCUT2D eigenvalue weighted by Gasteiger charge is -2.34. The molecule has 4 atom stereocenters. The number of aromatic nitrogens is 1. The first-order chi connectivity index (χ1) is 16.3. The van der Waals surface area contributed by atoms with Gasteiger partial charge in [0.15, 0.2) is 0 Å². The van der Waals surface area contributed by atoms with E-state index in [-0.39, 0.29) is 0 Å². The number of hydrogen-bond acceptors (Lipinski definition) is 3. The lowest BCUT2D eigenvalue weighted by atomic mass is 9.90. The van der Waals surface area contributed by atoms with Crippen LogP contribution in [0.1, 0.15) is 123 Å². The monoisotopic (exact) mass is 468 g/mol. The Balaban J connectivity index is 1.65. The second-order valence-corrected chi connectivity index (χ2v) is 11.7. The summed E-state index contributed by atoms with van der Waals surface area (Å²) >= 11 is 0. The van der Waals surface area contributed by atoms with Crippen LogP contribution in [0.15, 0.2) is 24.5 Å². The fourth-order valence-electron chi connectivity index (χ4n) is 5.30. The molecule has 0 radical (unpaired) electrons. The molecule has 1 fully saturated rings. The van der Waals surface area contributed by atoms with E-state index in [1.54, 1.807) is 0 Å². The summed E-state index contributed by atoms with van der Waals surface area (Å²) in [6, 6.07) is 4.60. The zero-order valence-electron chi connectivity index (χ0n) is 22.9. The van der Waals surface area contributed by atoms with E-state index in [4.69, 9.17) is 0 Å². The van der Waals surface area contributed by atoms with Gasteiger partial charge in [-0.1, -0.05) is 97.0 Å². The quantitative estimate of drug-likeness (QED) is 0.283. The van der Waals surface area contributed by atoms with Crippen LogP contribution in [0, 0.1) is 29.6 Å². The topological polar surface area (TPSA) is 36.4 Å². The second kappa shape index (κ2) is 15.6. The molecule has 1 aliphatic heterocycles.